The summed E-state index contributed by atoms with van der Waals surface area (Å²) in [6.45, 7) is 0. The summed E-state index contributed by atoms with van der Waals surface area (Å²) in [4.78, 5) is 12.2. The lowest BCUT2D eigenvalue weighted by atomic mass is 10.1. The first kappa shape index (κ1) is 18.0. The van der Waals surface area contributed by atoms with Crippen LogP contribution in [-0.2, 0) is 0 Å². The number of H-pyrrole nitrogens is 1. The molecule has 8 nitrogen and oxygen atoms in total. The Labute approximate surface area is 155 Å². The quantitative estimate of drug-likeness (QED) is 0.459. The van der Waals surface area contributed by atoms with Crippen LogP contribution in [0.4, 0.5) is 0 Å². The molecule has 0 fully saturated rings. The third-order valence-corrected chi connectivity index (χ3v) is 3.77. The predicted molar refractivity (Wildman–Crippen MR) is 100 cm³/mol. The number of hydrogen-bond acceptors (Lipinski definition) is 6. The second-order valence-corrected chi connectivity index (χ2v) is 5.53. The third-order valence-electron chi connectivity index (χ3n) is 3.77. The van der Waals surface area contributed by atoms with E-state index in [4.69, 9.17) is 9.47 Å². The van der Waals surface area contributed by atoms with Crippen molar-refractivity contribution in [2.24, 2.45) is 5.10 Å². The van der Waals surface area contributed by atoms with E-state index in [1.807, 2.05) is 24.3 Å². The van der Waals surface area contributed by atoms with E-state index in [1.54, 1.807) is 25.3 Å². The van der Waals surface area contributed by atoms with E-state index in [0.717, 1.165) is 5.56 Å². The van der Waals surface area contributed by atoms with Gasteiger partial charge in [0.25, 0.3) is 5.91 Å². The SMILES string of the molecule is COc1cccc(-c2cc(C(=O)N/N=C\c3ccc(O)c(OC)c3)[nH]n2)c1. The molecule has 3 aromatic rings. The van der Waals surface area contributed by atoms with Crippen molar-refractivity contribution in [1.29, 1.82) is 0 Å². The van der Waals surface area contributed by atoms with Crippen molar-refractivity contribution >= 4 is 12.1 Å². The fourth-order valence-corrected chi connectivity index (χ4v) is 2.37. The Kier molecular flexibility index (Phi) is 5.36. The number of phenols is 1. The van der Waals surface area contributed by atoms with Gasteiger partial charge in [-0.1, -0.05) is 12.1 Å². The Morgan fingerprint density at radius 3 is 2.81 bits per heavy atom. The molecule has 0 saturated heterocycles. The maximum absolute atomic E-state index is 12.2. The number of ether oxygens (including phenoxy) is 2. The molecule has 0 radical (unpaired) electrons. The molecule has 3 rings (SSSR count). The summed E-state index contributed by atoms with van der Waals surface area (Å²) >= 11 is 0. The van der Waals surface area contributed by atoms with Gasteiger partial charge in [0.2, 0.25) is 0 Å². The number of carbonyl (C=O) groups is 1. The normalized spacial score (nSPS) is 10.7. The molecule has 0 aliphatic heterocycles. The van der Waals surface area contributed by atoms with Crippen LogP contribution in [0.2, 0.25) is 0 Å². The fourth-order valence-electron chi connectivity index (χ4n) is 2.37. The highest BCUT2D eigenvalue weighted by Gasteiger charge is 2.11. The number of methoxy groups -OCH3 is 2. The molecule has 2 aromatic carbocycles. The van der Waals surface area contributed by atoms with Gasteiger partial charge in [-0.3, -0.25) is 9.89 Å². The fraction of sp³-hybridized carbons (Fsp3) is 0.105. The lowest BCUT2D eigenvalue weighted by Gasteiger charge is -2.03. The highest BCUT2D eigenvalue weighted by Crippen LogP contribution is 2.25. The number of rotatable bonds is 6. The van der Waals surface area contributed by atoms with Gasteiger partial charge in [-0.05, 0) is 42.0 Å². The zero-order valence-electron chi connectivity index (χ0n) is 14.8. The van der Waals surface area contributed by atoms with Crippen LogP contribution in [0.1, 0.15) is 16.1 Å². The molecule has 0 spiro atoms. The Morgan fingerprint density at radius 1 is 1.19 bits per heavy atom. The highest BCUT2D eigenvalue weighted by atomic mass is 16.5. The summed E-state index contributed by atoms with van der Waals surface area (Å²) in [5.41, 5.74) is 4.79. The monoisotopic (exact) mass is 366 g/mol. The standard InChI is InChI=1S/C19H18N4O4/c1-26-14-5-3-4-13(9-14)15-10-16(22-21-15)19(25)23-20-11-12-6-7-17(24)18(8-12)27-2/h3-11,24H,1-2H3,(H,21,22)(H,23,25)/b20-11-. The number of nitrogens with zero attached hydrogens (tertiary/aromatic N) is 2. The van der Waals surface area contributed by atoms with E-state index >= 15 is 0 Å². The van der Waals surface area contributed by atoms with Crippen LogP contribution in [-0.4, -0.2) is 41.6 Å². The number of aromatic hydroxyl groups is 1. The first-order chi connectivity index (χ1) is 13.1. The average molecular weight is 366 g/mol. The highest BCUT2D eigenvalue weighted by molar-refractivity contribution is 5.94. The zero-order valence-corrected chi connectivity index (χ0v) is 14.8. The molecule has 0 saturated carbocycles. The van der Waals surface area contributed by atoms with E-state index < -0.39 is 5.91 Å². The lowest BCUT2D eigenvalue weighted by Crippen LogP contribution is -2.18. The number of carbonyl (C=O) groups excluding carboxylic acids is 1. The van der Waals surface area contributed by atoms with Gasteiger partial charge >= 0.3 is 0 Å². The van der Waals surface area contributed by atoms with Crippen molar-refractivity contribution < 1.29 is 19.4 Å². The molecule has 8 heteroatoms. The Hall–Kier alpha value is -3.81. The third kappa shape index (κ3) is 4.24. The Morgan fingerprint density at radius 2 is 2.04 bits per heavy atom. The van der Waals surface area contributed by atoms with Gasteiger partial charge in [0.1, 0.15) is 11.4 Å². The molecule has 0 aliphatic carbocycles. The number of nitrogens with one attached hydrogen (secondary N) is 2. The van der Waals surface area contributed by atoms with Crippen molar-refractivity contribution in [3.8, 4) is 28.5 Å². The molecule has 1 amide bonds. The summed E-state index contributed by atoms with van der Waals surface area (Å²) in [6.07, 6.45) is 1.44. The smallest absolute Gasteiger partial charge is 0.289 e. The molecule has 138 valence electrons. The topological polar surface area (TPSA) is 109 Å². The summed E-state index contributed by atoms with van der Waals surface area (Å²) in [7, 11) is 3.04. The number of hydrogen-bond donors (Lipinski definition) is 3. The van der Waals surface area contributed by atoms with Gasteiger partial charge < -0.3 is 14.6 Å². The predicted octanol–water partition coefficient (Wildman–Crippen LogP) is 2.56. The van der Waals surface area contributed by atoms with Crippen LogP contribution in [0.25, 0.3) is 11.3 Å². The summed E-state index contributed by atoms with van der Waals surface area (Å²) in [5, 5.41) is 20.3. The molecular formula is C19H18N4O4. The summed E-state index contributed by atoms with van der Waals surface area (Å²) in [5.74, 6) is 0.622. The van der Waals surface area contributed by atoms with Crippen LogP contribution in [0, 0.1) is 0 Å². The van der Waals surface area contributed by atoms with E-state index in [2.05, 4.69) is 20.7 Å². The number of amides is 1. The molecule has 3 N–H and O–H groups in total. The van der Waals surface area contributed by atoms with E-state index in [0.29, 0.717) is 22.8 Å². The van der Waals surface area contributed by atoms with Gasteiger partial charge in [0, 0.05) is 5.56 Å². The Bertz CT molecular complexity index is 981. The number of aromatic amines is 1. The van der Waals surface area contributed by atoms with E-state index in [9.17, 15) is 9.90 Å². The first-order valence-electron chi connectivity index (χ1n) is 8.01. The maximum Gasteiger partial charge on any atom is 0.289 e. The van der Waals surface area contributed by atoms with Gasteiger partial charge in [-0.25, -0.2) is 5.43 Å². The first-order valence-corrected chi connectivity index (χ1v) is 8.01. The van der Waals surface area contributed by atoms with Gasteiger partial charge in [0.05, 0.1) is 26.1 Å². The second kappa shape index (κ2) is 8.05. The van der Waals surface area contributed by atoms with Crippen molar-refractivity contribution in [3.63, 3.8) is 0 Å². The number of phenolic OH excluding ortho intramolecular Hbond substituents is 1. The summed E-state index contributed by atoms with van der Waals surface area (Å²) < 4.78 is 10.2. The van der Waals surface area contributed by atoms with E-state index in [1.165, 1.54) is 19.4 Å². The van der Waals surface area contributed by atoms with Crippen molar-refractivity contribution in [1.82, 2.24) is 15.6 Å². The van der Waals surface area contributed by atoms with Gasteiger partial charge in [0.15, 0.2) is 11.5 Å². The summed E-state index contributed by atoms with van der Waals surface area (Å²) in [6, 6.07) is 13.7. The molecule has 0 bridgehead atoms. The van der Waals surface area contributed by atoms with Gasteiger partial charge in [-0.2, -0.15) is 10.2 Å². The molecule has 27 heavy (non-hydrogen) atoms. The molecule has 0 unspecified atom stereocenters. The minimum absolute atomic E-state index is 0.0289. The molecule has 0 aliphatic rings. The van der Waals surface area contributed by atoms with Crippen LogP contribution in [0.5, 0.6) is 17.2 Å². The van der Waals surface area contributed by atoms with Crippen LogP contribution in [0.3, 0.4) is 0 Å². The number of benzene rings is 2. The molecule has 1 heterocycles. The van der Waals surface area contributed by atoms with Crippen LogP contribution < -0.4 is 14.9 Å². The average Bonchev–Trinajstić information content (AvgIpc) is 3.19. The molecule has 0 atom stereocenters. The maximum atomic E-state index is 12.2. The number of hydrazone groups is 1. The largest absolute Gasteiger partial charge is 0.504 e. The van der Waals surface area contributed by atoms with Crippen LogP contribution >= 0.6 is 0 Å². The minimum atomic E-state index is -0.432. The van der Waals surface area contributed by atoms with Crippen molar-refractivity contribution in [3.05, 3.63) is 59.8 Å². The minimum Gasteiger partial charge on any atom is -0.504 e. The van der Waals surface area contributed by atoms with Crippen molar-refractivity contribution in [2.45, 2.75) is 0 Å². The van der Waals surface area contributed by atoms with Gasteiger partial charge in [-0.15, -0.1) is 0 Å². The van der Waals surface area contributed by atoms with Crippen molar-refractivity contribution in [2.75, 3.05) is 14.2 Å². The second-order valence-electron chi connectivity index (χ2n) is 5.53. The molecule has 1 aromatic heterocycles. The van der Waals surface area contributed by atoms with E-state index in [-0.39, 0.29) is 11.4 Å². The lowest BCUT2D eigenvalue weighted by molar-refractivity contribution is 0.0950. The Balaban J connectivity index is 1.67. The van der Waals surface area contributed by atoms with Crippen LogP contribution in [0.15, 0.2) is 53.6 Å². The molecular weight excluding hydrogens is 348 g/mol. The number of aromatic nitrogens is 2. The zero-order chi connectivity index (χ0) is 19.2.